The molecule has 1 aromatic heterocycles. The van der Waals surface area contributed by atoms with E-state index in [9.17, 15) is 18.3 Å². The van der Waals surface area contributed by atoms with E-state index in [0.29, 0.717) is 6.42 Å². The van der Waals surface area contributed by atoms with Crippen molar-refractivity contribution < 1.29 is 23.0 Å². The van der Waals surface area contributed by atoms with Gasteiger partial charge in [0.05, 0.1) is 17.4 Å². The highest BCUT2D eigenvalue weighted by atomic mass is 19.4. The van der Waals surface area contributed by atoms with Gasteiger partial charge in [-0.05, 0) is 56.2 Å². The van der Waals surface area contributed by atoms with Crippen molar-refractivity contribution in [3.05, 3.63) is 60.3 Å². The lowest BCUT2D eigenvalue weighted by Crippen LogP contribution is -2.45. The maximum Gasteiger partial charge on any atom is 0.573 e. The van der Waals surface area contributed by atoms with Crippen molar-refractivity contribution in [3.8, 4) is 17.0 Å². The number of fused-ring (bicyclic) bond motifs is 1. The van der Waals surface area contributed by atoms with Crippen molar-refractivity contribution in [2.24, 2.45) is 0 Å². The summed E-state index contributed by atoms with van der Waals surface area (Å²) < 4.78 is 42.8. The van der Waals surface area contributed by atoms with Crippen molar-refractivity contribution in [3.63, 3.8) is 0 Å². The van der Waals surface area contributed by atoms with Crippen LogP contribution >= 0.6 is 0 Å². The van der Waals surface area contributed by atoms with Crippen LogP contribution in [0.5, 0.6) is 5.75 Å². The van der Waals surface area contributed by atoms with Crippen LogP contribution in [0.4, 0.5) is 24.5 Å². The highest BCUT2D eigenvalue weighted by Gasteiger charge is 2.35. The molecule has 31 heavy (non-hydrogen) atoms. The third kappa shape index (κ3) is 4.46. The second-order valence-electron chi connectivity index (χ2n) is 7.61. The highest BCUT2D eigenvalue weighted by molar-refractivity contribution is 5.70. The zero-order valence-corrected chi connectivity index (χ0v) is 17.0. The van der Waals surface area contributed by atoms with Crippen molar-refractivity contribution in [2.75, 3.05) is 10.2 Å². The Morgan fingerprint density at radius 2 is 2.00 bits per heavy atom. The van der Waals surface area contributed by atoms with E-state index in [0.717, 1.165) is 22.5 Å². The first kappa shape index (κ1) is 21.0. The van der Waals surface area contributed by atoms with Crippen LogP contribution < -0.4 is 15.0 Å². The summed E-state index contributed by atoms with van der Waals surface area (Å²) in [4.78, 5) is 1.91. The molecule has 0 spiro atoms. The second-order valence-corrected chi connectivity index (χ2v) is 7.61. The number of nitrogens with one attached hydrogen (secondary N) is 2. The van der Waals surface area contributed by atoms with Crippen LogP contribution in [-0.2, 0) is 0 Å². The number of H-pyrrole nitrogens is 1. The van der Waals surface area contributed by atoms with Gasteiger partial charge in [-0.25, -0.2) is 0 Å². The fraction of sp³-hybridized carbons (Fsp3) is 0.318. The molecule has 0 saturated heterocycles. The molecule has 0 aliphatic carbocycles. The number of hydrogen-bond donors (Lipinski definition) is 3. The Labute approximate surface area is 177 Å². The maximum absolute atomic E-state index is 12.9. The molecule has 2 aromatic carbocycles. The zero-order chi connectivity index (χ0) is 22.2. The molecule has 0 radical (unpaired) electrons. The molecule has 1 aliphatic rings. The monoisotopic (exact) mass is 432 g/mol. The van der Waals surface area contributed by atoms with Gasteiger partial charge < -0.3 is 20.1 Å². The summed E-state index contributed by atoms with van der Waals surface area (Å²) in [5.74, 6) is -0.285. The van der Waals surface area contributed by atoms with Gasteiger partial charge in [-0.1, -0.05) is 18.2 Å². The molecule has 0 saturated carbocycles. The van der Waals surface area contributed by atoms with Crippen LogP contribution in [0.1, 0.15) is 31.9 Å². The van der Waals surface area contributed by atoms with E-state index in [2.05, 4.69) is 20.3 Å². The Morgan fingerprint density at radius 3 is 2.68 bits per heavy atom. The molecule has 1 aliphatic heterocycles. The van der Waals surface area contributed by atoms with Gasteiger partial charge in [0, 0.05) is 23.5 Å². The van der Waals surface area contributed by atoms with Crippen molar-refractivity contribution in [1.82, 2.24) is 10.2 Å². The van der Waals surface area contributed by atoms with E-state index in [1.54, 1.807) is 25.3 Å². The van der Waals surface area contributed by atoms with Gasteiger partial charge in [0.25, 0.3) is 0 Å². The number of benzene rings is 2. The molecule has 2 heterocycles. The second kappa shape index (κ2) is 8.14. The molecule has 164 valence electrons. The zero-order valence-electron chi connectivity index (χ0n) is 17.0. The van der Waals surface area contributed by atoms with E-state index in [-0.39, 0.29) is 23.5 Å². The third-order valence-electron chi connectivity index (χ3n) is 5.39. The standard InChI is InChI=1S/C22H23F3N4O2/c1-13-11-19(27-18-5-3-4-6-21(18)31-22(23,24)25)16-12-15(17-9-10-26-28-17)7-8-20(16)29(13)14(2)30/h3-10,12-14,19,27,30H,11H2,1-2H3,(H,26,28)/t13-,14?,19+/m0/s1. The van der Waals surface area contributed by atoms with E-state index >= 15 is 0 Å². The number of anilines is 2. The molecular weight excluding hydrogens is 409 g/mol. The van der Waals surface area contributed by atoms with Gasteiger partial charge in [-0.3, -0.25) is 5.10 Å². The molecule has 0 amide bonds. The van der Waals surface area contributed by atoms with Crippen molar-refractivity contribution >= 4 is 11.4 Å². The third-order valence-corrected chi connectivity index (χ3v) is 5.39. The molecule has 1 unspecified atom stereocenters. The largest absolute Gasteiger partial charge is 0.573 e. The van der Waals surface area contributed by atoms with Crippen molar-refractivity contribution in [2.45, 2.75) is 44.9 Å². The minimum absolute atomic E-state index is 0.0429. The lowest BCUT2D eigenvalue weighted by Gasteiger charge is -2.43. The fourth-order valence-electron chi connectivity index (χ4n) is 4.17. The average molecular weight is 432 g/mol. The number of aromatic amines is 1. The Hall–Kier alpha value is -3.20. The average Bonchev–Trinajstić information content (AvgIpc) is 3.22. The summed E-state index contributed by atoms with van der Waals surface area (Å²) in [5, 5.41) is 20.5. The molecule has 3 aromatic rings. The van der Waals surface area contributed by atoms with Crippen LogP contribution in [0.3, 0.4) is 0 Å². The number of nitrogens with zero attached hydrogens (tertiary/aromatic N) is 2. The number of alkyl halides is 3. The topological polar surface area (TPSA) is 73.4 Å². The smallest absolute Gasteiger partial charge is 0.404 e. The predicted molar refractivity (Wildman–Crippen MR) is 112 cm³/mol. The highest BCUT2D eigenvalue weighted by Crippen LogP contribution is 2.43. The summed E-state index contributed by atoms with van der Waals surface area (Å²) in [7, 11) is 0. The first-order valence-corrected chi connectivity index (χ1v) is 9.94. The van der Waals surface area contributed by atoms with Gasteiger partial charge >= 0.3 is 6.36 Å². The molecule has 4 rings (SSSR count). The van der Waals surface area contributed by atoms with E-state index in [4.69, 9.17) is 0 Å². The van der Waals surface area contributed by atoms with Crippen LogP contribution in [0, 0.1) is 0 Å². The lowest BCUT2D eigenvalue weighted by molar-refractivity contribution is -0.274. The number of halogens is 3. The number of aliphatic hydroxyl groups is 1. The molecule has 3 atom stereocenters. The number of hydrogen-bond acceptors (Lipinski definition) is 5. The molecule has 6 nitrogen and oxygen atoms in total. The van der Waals surface area contributed by atoms with E-state index in [1.165, 1.54) is 12.1 Å². The molecule has 9 heteroatoms. The van der Waals surface area contributed by atoms with E-state index in [1.807, 2.05) is 36.1 Å². The van der Waals surface area contributed by atoms with Crippen molar-refractivity contribution in [1.29, 1.82) is 0 Å². The Bertz CT molecular complexity index is 1040. The minimum Gasteiger partial charge on any atom is -0.404 e. The van der Waals surface area contributed by atoms with Gasteiger partial charge in [0.15, 0.2) is 5.75 Å². The normalized spacial score (nSPS) is 19.6. The van der Waals surface area contributed by atoms with Crippen LogP contribution in [0.25, 0.3) is 11.3 Å². The maximum atomic E-state index is 12.9. The van der Waals surface area contributed by atoms with Crippen LogP contribution in [0.15, 0.2) is 54.7 Å². The summed E-state index contributed by atoms with van der Waals surface area (Å²) >= 11 is 0. The fourth-order valence-corrected chi connectivity index (χ4v) is 4.17. The quantitative estimate of drug-likeness (QED) is 0.525. The Morgan fingerprint density at radius 1 is 1.23 bits per heavy atom. The summed E-state index contributed by atoms with van der Waals surface area (Å²) in [6.07, 6.45) is -3.27. The predicted octanol–water partition coefficient (Wildman–Crippen LogP) is 5.07. The number of aliphatic hydroxyl groups excluding tert-OH is 1. The van der Waals surface area contributed by atoms with Gasteiger partial charge in [-0.2, -0.15) is 5.10 Å². The van der Waals surface area contributed by atoms with Gasteiger partial charge in [0.1, 0.15) is 6.23 Å². The Kier molecular flexibility index (Phi) is 5.53. The van der Waals surface area contributed by atoms with E-state index < -0.39 is 12.6 Å². The SMILES string of the molecule is CC(O)N1c2ccc(-c3ccn[nH]3)cc2[C@H](Nc2ccccc2OC(F)(F)F)C[C@@H]1C. The molecule has 0 fully saturated rings. The molecule has 3 N–H and O–H groups in total. The van der Waals surface area contributed by atoms with Gasteiger partial charge in [-0.15, -0.1) is 13.2 Å². The summed E-state index contributed by atoms with van der Waals surface area (Å²) in [6.45, 7) is 3.68. The van der Waals surface area contributed by atoms with Crippen LogP contribution in [-0.4, -0.2) is 33.9 Å². The number of para-hydroxylation sites is 2. The summed E-state index contributed by atoms with van der Waals surface area (Å²) in [6, 6.07) is 13.3. The number of ether oxygens (including phenoxy) is 1. The van der Waals surface area contributed by atoms with Gasteiger partial charge in [0.2, 0.25) is 0 Å². The number of rotatable bonds is 5. The molecular formula is C22H23F3N4O2. The van der Waals surface area contributed by atoms with Crippen LogP contribution in [0.2, 0.25) is 0 Å². The Balaban J connectivity index is 1.74. The molecule has 0 bridgehead atoms. The first-order valence-electron chi connectivity index (χ1n) is 9.94. The number of aromatic nitrogens is 2. The lowest BCUT2D eigenvalue weighted by atomic mass is 9.89. The summed E-state index contributed by atoms with van der Waals surface area (Å²) in [5.41, 5.74) is 3.66. The minimum atomic E-state index is -4.79. The first-order chi connectivity index (χ1) is 14.7.